The van der Waals surface area contributed by atoms with Crippen LogP contribution in [0.1, 0.15) is 12.5 Å². The number of nitrogens with two attached hydrogens (primary N) is 1. The molecule has 0 amide bonds. The Morgan fingerprint density at radius 2 is 2.08 bits per heavy atom. The van der Waals surface area contributed by atoms with E-state index in [9.17, 15) is 0 Å². The Bertz CT molecular complexity index is 254. The van der Waals surface area contributed by atoms with Crippen LogP contribution in [0.3, 0.4) is 0 Å². The summed E-state index contributed by atoms with van der Waals surface area (Å²) in [5.41, 5.74) is 7.24. The topological polar surface area (TPSA) is 47.6 Å². The van der Waals surface area contributed by atoms with Gasteiger partial charge in [-0.1, -0.05) is 17.3 Å². The van der Waals surface area contributed by atoms with Gasteiger partial charge in [0.15, 0.2) is 0 Å². The van der Waals surface area contributed by atoms with Crippen LogP contribution in [0.25, 0.3) is 0 Å². The molecule has 0 aliphatic heterocycles. The number of nitrogen functional groups attached to an aromatic ring is 1. The highest BCUT2D eigenvalue weighted by molar-refractivity contribution is 5.79. The Hall–Kier alpha value is -1.51. The lowest BCUT2D eigenvalue weighted by atomic mass is 10.2. The van der Waals surface area contributed by atoms with Crippen molar-refractivity contribution in [2.75, 3.05) is 12.3 Å². The van der Waals surface area contributed by atoms with E-state index in [2.05, 4.69) is 5.16 Å². The highest BCUT2D eigenvalue weighted by Crippen LogP contribution is 2.02. The van der Waals surface area contributed by atoms with E-state index < -0.39 is 0 Å². The third-order valence-corrected chi connectivity index (χ3v) is 1.34. The van der Waals surface area contributed by atoms with Gasteiger partial charge in [-0.15, -0.1) is 0 Å². The minimum absolute atomic E-state index is 0.589. The molecule has 0 aromatic heterocycles. The molecule has 0 aliphatic carbocycles. The van der Waals surface area contributed by atoms with Gasteiger partial charge in [-0.05, 0) is 24.6 Å². The normalized spacial score (nSPS) is 10.4. The molecule has 1 aromatic carbocycles. The van der Waals surface area contributed by atoms with E-state index in [1.807, 2.05) is 31.2 Å². The molecule has 0 bridgehead atoms. The number of benzene rings is 1. The van der Waals surface area contributed by atoms with E-state index in [0.717, 1.165) is 11.3 Å². The summed E-state index contributed by atoms with van der Waals surface area (Å²) in [6, 6.07) is 7.43. The van der Waals surface area contributed by atoms with Crippen molar-refractivity contribution in [1.29, 1.82) is 0 Å². The lowest BCUT2D eigenvalue weighted by Crippen LogP contribution is -1.86. The van der Waals surface area contributed by atoms with Crippen molar-refractivity contribution >= 4 is 11.9 Å². The largest absolute Gasteiger partial charge is 0.399 e. The summed E-state index contributed by atoms with van der Waals surface area (Å²) in [7, 11) is 0. The van der Waals surface area contributed by atoms with Crippen molar-refractivity contribution in [3.05, 3.63) is 29.8 Å². The fraction of sp³-hybridized carbons (Fsp3) is 0.222. The van der Waals surface area contributed by atoms with Crippen LogP contribution in [0.5, 0.6) is 0 Å². The molecule has 2 N–H and O–H groups in total. The van der Waals surface area contributed by atoms with Gasteiger partial charge in [-0.25, -0.2) is 0 Å². The molecule has 0 fully saturated rings. The van der Waals surface area contributed by atoms with Crippen LogP contribution < -0.4 is 5.73 Å². The highest BCUT2D eigenvalue weighted by atomic mass is 16.6. The van der Waals surface area contributed by atoms with Crippen molar-refractivity contribution in [2.45, 2.75) is 6.92 Å². The number of oxime groups is 1. The molecule has 0 unspecified atom stereocenters. The fourth-order valence-corrected chi connectivity index (χ4v) is 0.755. The van der Waals surface area contributed by atoms with Gasteiger partial charge in [-0.2, -0.15) is 0 Å². The second-order valence-electron chi connectivity index (χ2n) is 2.32. The maximum atomic E-state index is 5.51. The maximum absolute atomic E-state index is 5.51. The summed E-state index contributed by atoms with van der Waals surface area (Å²) in [6.45, 7) is 2.48. The summed E-state index contributed by atoms with van der Waals surface area (Å²) < 4.78 is 0. The van der Waals surface area contributed by atoms with Crippen molar-refractivity contribution in [1.82, 2.24) is 0 Å². The highest BCUT2D eigenvalue weighted by Gasteiger charge is 1.86. The second kappa shape index (κ2) is 4.38. The SMILES string of the molecule is CCON=Cc1ccc(N)cc1. The van der Waals surface area contributed by atoms with E-state index in [1.165, 1.54) is 0 Å². The van der Waals surface area contributed by atoms with Crippen molar-refractivity contribution in [2.24, 2.45) is 5.16 Å². The molecule has 3 nitrogen and oxygen atoms in total. The lowest BCUT2D eigenvalue weighted by molar-refractivity contribution is 0.160. The molecular weight excluding hydrogens is 152 g/mol. The zero-order valence-electron chi connectivity index (χ0n) is 7.03. The first-order valence-corrected chi connectivity index (χ1v) is 3.84. The van der Waals surface area contributed by atoms with Crippen LogP contribution in [0.15, 0.2) is 29.4 Å². The maximum Gasteiger partial charge on any atom is 0.114 e. The summed E-state index contributed by atoms with van der Waals surface area (Å²) in [5.74, 6) is 0. The number of anilines is 1. The Morgan fingerprint density at radius 3 is 2.67 bits per heavy atom. The first-order valence-electron chi connectivity index (χ1n) is 3.84. The van der Waals surface area contributed by atoms with E-state index >= 15 is 0 Å². The molecular formula is C9H12N2O. The number of hydrogen-bond donors (Lipinski definition) is 1. The van der Waals surface area contributed by atoms with Crippen LogP contribution >= 0.6 is 0 Å². The quantitative estimate of drug-likeness (QED) is 0.419. The zero-order valence-corrected chi connectivity index (χ0v) is 7.03. The molecule has 3 heteroatoms. The predicted octanol–water partition coefficient (Wildman–Crippen LogP) is 1.64. The van der Waals surface area contributed by atoms with E-state index in [0.29, 0.717) is 6.61 Å². The van der Waals surface area contributed by atoms with Crippen LogP contribution in [0.2, 0.25) is 0 Å². The van der Waals surface area contributed by atoms with Gasteiger partial charge in [0.2, 0.25) is 0 Å². The summed E-state index contributed by atoms with van der Waals surface area (Å²) in [5, 5.41) is 3.72. The first-order chi connectivity index (χ1) is 5.83. The van der Waals surface area contributed by atoms with Crippen LogP contribution in [0.4, 0.5) is 5.69 Å². The predicted molar refractivity (Wildman–Crippen MR) is 50.1 cm³/mol. The van der Waals surface area contributed by atoms with E-state index in [-0.39, 0.29) is 0 Å². The molecule has 12 heavy (non-hydrogen) atoms. The summed E-state index contributed by atoms with van der Waals surface area (Å²) in [4.78, 5) is 4.81. The fourth-order valence-electron chi connectivity index (χ4n) is 0.755. The number of nitrogens with zero attached hydrogens (tertiary/aromatic N) is 1. The molecule has 64 valence electrons. The minimum atomic E-state index is 0.589. The van der Waals surface area contributed by atoms with Crippen molar-refractivity contribution < 1.29 is 4.84 Å². The van der Waals surface area contributed by atoms with Crippen LogP contribution in [-0.2, 0) is 4.84 Å². The third-order valence-electron chi connectivity index (χ3n) is 1.34. The van der Waals surface area contributed by atoms with Crippen molar-refractivity contribution in [3.63, 3.8) is 0 Å². The van der Waals surface area contributed by atoms with E-state index in [4.69, 9.17) is 10.6 Å². The van der Waals surface area contributed by atoms with Gasteiger partial charge in [0.05, 0.1) is 6.21 Å². The van der Waals surface area contributed by atoms with Gasteiger partial charge >= 0.3 is 0 Å². The Morgan fingerprint density at radius 1 is 1.42 bits per heavy atom. The molecule has 0 aliphatic rings. The molecule has 0 saturated heterocycles. The Kier molecular flexibility index (Phi) is 3.14. The Labute approximate surface area is 71.8 Å². The third kappa shape index (κ3) is 2.62. The molecule has 0 atom stereocenters. The average molecular weight is 164 g/mol. The molecule has 0 saturated carbocycles. The average Bonchev–Trinajstić information content (AvgIpc) is 2.09. The standard InChI is InChI=1S/C9H12N2O/c1-2-12-11-7-8-3-5-9(10)6-4-8/h3-7H,2,10H2,1H3. The number of hydrogen-bond acceptors (Lipinski definition) is 3. The monoisotopic (exact) mass is 164 g/mol. The molecule has 0 radical (unpaired) electrons. The van der Waals surface area contributed by atoms with Crippen molar-refractivity contribution in [3.8, 4) is 0 Å². The molecule has 1 rings (SSSR count). The minimum Gasteiger partial charge on any atom is -0.399 e. The smallest absolute Gasteiger partial charge is 0.114 e. The van der Waals surface area contributed by atoms with Crippen LogP contribution in [0, 0.1) is 0 Å². The summed E-state index contributed by atoms with van der Waals surface area (Å²) in [6.07, 6.45) is 1.66. The van der Waals surface area contributed by atoms with Gasteiger partial charge in [0.25, 0.3) is 0 Å². The van der Waals surface area contributed by atoms with Gasteiger partial charge < -0.3 is 10.6 Å². The molecule has 0 heterocycles. The number of rotatable bonds is 3. The van der Waals surface area contributed by atoms with Crippen LogP contribution in [-0.4, -0.2) is 12.8 Å². The van der Waals surface area contributed by atoms with Gasteiger partial charge in [-0.3, -0.25) is 0 Å². The lowest BCUT2D eigenvalue weighted by Gasteiger charge is -1.94. The van der Waals surface area contributed by atoms with Gasteiger partial charge in [0.1, 0.15) is 6.61 Å². The molecule has 0 spiro atoms. The second-order valence-corrected chi connectivity index (χ2v) is 2.32. The molecule has 1 aromatic rings. The van der Waals surface area contributed by atoms with E-state index in [1.54, 1.807) is 6.21 Å². The summed E-state index contributed by atoms with van der Waals surface area (Å²) >= 11 is 0. The van der Waals surface area contributed by atoms with Gasteiger partial charge in [0, 0.05) is 5.69 Å². The first kappa shape index (κ1) is 8.59. The zero-order chi connectivity index (χ0) is 8.81. The Balaban J connectivity index is 2.58.